The Balaban J connectivity index is 1.13. The van der Waals surface area contributed by atoms with Crippen LogP contribution in [0, 0.1) is 0 Å². The lowest BCUT2D eigenvalue weighted by Crippen LogP contribution is -2.52. The average Bonchev–Trinajstić information content (AvgIpc) is 3.06. The molecule has 30 heavy (non-hydrogen) atoms. The molecule has 1 amide bonds. The maximum atomic E-state index is 12.4. The van der Waals surface area contributed by atoms with E-state index < -0.39 is 0 Å². The van der Waals surface area contributed by atoms with Crippen molar-refractivity contribution in [3.63, 3.8) is 0 Å². The molecule has 3 fully saturated rings. The summed E-state index contributed by atoms with van der Waals surface area (Å²) in [5, 5.41) is 3.49. The lowest BCUT2D eigenvalue weighted by molar-refractivity contribution is 0.0942. The molecule has 3 aliphatic heterocycles. The summed E-state index contributed by atoms with van der Waals surface area (Å²) in [7, 11) is 0. The molecule has 4 heterocycles. The molecule has 0 radical (unpaired) electrons. The Kier molecular flexibility index (Phi) is 5.40. The molecular weight excluding hydrogens is 380 g/mol. The minimum absolute atomic E-state index is 0.251. The Bertz CT molecular complexity index is 838. The van der Waals surface area contributed by atoms with Gasteiger partial charge in [0, 0.05) is 51.4 Å². The van der Waals surface area contributed by atoms with E-state index in [4.69, 9.17) is 4.74 Å². The summed E-state index contributed by atoms with van der Waals surface area (Å²) in [5.74, 6) is 0.843. The van der Waals surface area contributed by atoms with Gasteiger partial charge in [-0.2, -0.15) is 0 Å². The zero-order valence-corrected chi connectivity index (χ0v) is 17.1. The second-order valence-corrected chi connectivity index (χ2v) is 8.21. The molecule has 1 N–H and O–H groups in total. The van der Waals surface area contributed by atoms with Gasteiger partial charge < -0.3 is 24.8 Å². The van der Waals surface area contributed by atoms with E-state index in [2.05, 4.69) is 25.1 Å². The average molecular weight is 409 g/mol. The van der Waals surface area contributed by atoms with Crippen LogP contribution in [0.1, 0.15) is 18.4 Å². The molecule has 1 aromatic heterocycles. The van der Waals surface area contributed by atoms with Gasteiger partial charge in [0.1, 0.15) is 6.61 Å². The van der Waals surface area contributed by atoms with Crippen LogP contribution in [0.2, 0.25) is 0 Å². The summed E-state index contributed by atoms with van der Waals surface area (Å²) < 4.78 is 5.45. The number of rotatable bonds is 4. The van der Waals surface area contributed by atoms with Gasteiger partial charge >= 0.3 is 6.09 Å². The van der Waals surface area contributed by atoms with Gasteiger partial charge in [-0.1, -0.05) is 30.3 Å². The molecule has 2 aromatic rings. The van der Waals surface area contributed by atoms with Gasteiger partial charge in [-0.05, 0) is 18.4 Å². The van der Waals surface area contributed by atoms with Crippen LogP contribution in [-0.4, -0.2) is 72.3 Å². The van der Waals surface area contributed by atoms with Gasteiger partial charge in [-0.3, -0.25) is 0 Å². The van der Waals surface area contributed by atoms with E-state index in [1.54, 1.807) is 4.90 Å². The SMILES string of the molecule is O=C(OCc1ccccc1)N1CCN(c2cnc(N3[C@@H]4CC[C@H]3CNC4)nc2)CC1. The maximum Gasteiger partial charge on any atom is 0.410 e. The predicted molar refractivity (Wildman–Crippen MR) is 115 cm³/mol. The number of benzene rings is 1. The van der Waals surface area contributed by atoms with Crippen molar-refractivity contribution in [2.75, 3.05) is 49.1 Å². The molecule has 5 rings (SSSR count). The predicted octanol–water partition coefficient (Wildman–Crippen LogP) is 1.88. The highest BCUT2D eigenvalue weighted by Gasteiger charge is 2.38. The van der Waals surface area contributed by atoms with Gasteiger partial charge in [-0.15, -0.1) is 0 Å². The molecule has 2 bridgehead atoms. The van der Waals surface area contributed by atoms with Gasteiger partial charge in [0.2, 0.25) is 5.95 Å². The normalized spacial score (nSPS) is 23.5. The van der Waals surface area contributed by atoms with Gasteiger partial charge in [-0.25, -0.2) is 14.8 Å². The van der Waals surface area contributed by atoms with Crippen LogP contribution < -0.4 is 15.1 Å². The van der Waals surface area contributed by atoms with Gasteiger partial charge in [0.05, 0.1) is 18.1 Å². The minimum atomic E-state index is -0.251. The zero-order valence-electron chi connectivity index (χ0n) is 17.1. The van der Waals surface area contributed by atoms with Crippen LogP contribution in [0.3, 0.4) is 0 Å². The monoisotopic (exact) mass is 408 g/mol. The first-order valence-corrected chi connectivity index (χ1v) is 10.8. The number of anilines is 2. The highest BCUT2D eigenvalue weighted by atomic mass is 16.6. The van der Waals surface area contributed by atoms with Crippen molar-refractivity contribution in [3.8, 4) is 0 Å². The number of hydrogen-bond acceptors (Lipinski definition) is 7. The molecule has 0 saturated carbocycles. The first-order valence-electron chi connectivity index (χ1n) is 10.8. The number of carbonyl (C=O) groups is 1. The molecule has 3 saturated heterocycles. The fourth-order valence-corrected chi connectivity index (χ4v) is 4.67. The molecule has 1 aromatic carbocycles. The fraction of sp³-hybridized carbons (Fsp3) is 0.500. The van der Waals surface area contributed by atoms with Crippen LogP contribution in [-0.2, 0) is 11.3 Å². The lowest BCUT2D eigenvalue weighted by atomic mass is 10.2. The first kappa shape index (κ1) is 19.1. The summed E-state index contributed by atoms with van der Waals surface area (Å²) >= 11 is 0. The number of nitrogens with zero attached hydrogens (tertiary/aromatic N) is 5. The van der Waals surface area contributed by atoms with Crippen molar-refractivity contribution in [1.82, 2.24) is 20.2 Å². The Hall–Kier alpha value is -2.87. The Labute approximate surface area is 176 Å². The van der Waals surface area contributed by atoms with E-state index in [1.807, 2.05) is 42.7 Å². The molecule has 2 atom stereocenters. The minimum Gasteiger partial charge on any atom is -0.445 e. The number of fused-ring (bicyclic) bond motifs is 2. The largest absolute Gasteiger partial charge is 0.445 e. The number of carbonyl (C=O) groups excluding carboxylic acids is 1. The summed E-state index contributed by atoms with van der Waals surface area (Å²) in [4.78, 5) is 28.1. The molecule has 0 spiro atoms. The lowest BCUT2D eigenvalue weighted by Gasteiger charge is -2.36. The smallest absolute Gasteiger partial charge is 0.410 e. The second kappa shape index (κ2) is 8.47. The molecule has 8 heteroatoms. The summed E-state index contributed by atoms with van der Waals surface area (Å²) in [6, 6.07) is 10.8. The number of nitrogens with one attached hydrogen (secondary N) is 1. The zero-order chi connectivity index (χ0) is 20.3. The molecule has 0 unspecified atom stereocenters. The number of piperazine rings is 2. The fourth-order valence-electron chi connectivity index (χ4n) is 4.67. The standard InChI is InChI=1S/C22H28N6O2/c29-22(30-16-17-4-2-1-3-5-17)27-10-8-26(9-11-27)20-14-24-21(25-15-20)28-18-6-7-19(28)13-23-12-18/h1-5,14-15,18-19,23H,6-13,16H2/t18-,19+. The van der Waals surface area contributed by atoms with E-state index in [-0.39, 0.29) is 6.09 Å². The third kappa shape index (κ3) is 3.92. The number of hydrogen-bond donors (Lipinski definition) is 1. The highest BCUT2D eigenvalue weighted by molar-refractivity contribution is 5.68. The van der Waals surface area contributed by atoms with Gasteiger partial charge in [0.15, 0.2) is 0 Å². The van der Waals surface area contributed by atoms with Crippen LogP contribution >= 0.6 is 0 Å². The Morgan fingerprint density at radius 3 is 2.33 bits per heavy atom. The van der Waals surface area contributed by atoms with E-state index in [1.165, 1.54) is 12.8 Å². The van der Waals surface area contributed by atoms with Crippen molar-refractivity contribution < 1.29 is 9.53 Å². The second-order valence-electron chi connectivity index (χ2n) is 8.21. The molecule has 8 nitrogen and oxygen atoms in total. The van der Waals surface area contributed by atoms with Crippen molar-refractivity contribution in [2.24, 2.45) is 0 Å². The highest BCUT2D eigenvalue weighted by Crippen LogP contribution is 2.30. The first-order chi connectivity index (χ1) is 14.8. The van der Waals surface area contributed by atoms with E-state index >= 15 is 0 Å². The van der Waals surface area contributed by atoms with Crippen molar-refractivity contribution in [3.05, 3.63) is 48.3 Å². The van der Waals surface area contributed by atoms with E-state index in [0.29, 0.717) is 31.8 Å². The van der Waals surface area contributed by atoms with E-state index in [9.17, 15) is 4.79 Å². The van der Waals surface area contributed by atoms with Crippen LogP contribution in [0.25, 0.3) is 0 Å². The van der Waals surface area contributed by atoms with Crippen molar-refractivity contribution >= 4 is 17.7 Å². The molecule has 158 valence electrons. The number of amides is 1. The van der Waals surface area contributed by atoms with Crippen LogP contribution in [0.5, 0.6) is 0 Å². The third-order valence-corrected chi connectivity index (χ3v) is 6.34. The maximum absolute atomic E-state index is 12.4. The summed E-state index contributed by atoms with van der Waals surface area (Å²) in [6.45, 7) is 5.12. The van der Waals surface area contributed by atoms with E-state index in [0.717, 1.165) is 43.4 Å². The van der Waals surface area contributed by atoms with Crippen LogP contribution in [0.4, 0.5) is 16.4 Å². The number of aromatic nitrogens is 2. The van der Waals surface area contributed by atoms with Crippen molar-refractivity contribution in [1.29, 1.82) is 0 Å². The van der Waals surface area contributed by atoms with Crippen LogP contribution in [0.15, 0.2) is 42.7 Å². The quantitative estimate of drug-likeness (QED) is 0.828. The molecule has 3 aliphatic rings. The topological polar surface area (TPSA) is 73.8 Å². The summed E-state index contributed by atoms with van der Waals surface area (Å²) in [5.41, 5.74) is 2.01. The molecular formula is C22H28N6O2. The summed E-state index contributed by atoms with van der Waals surface area (Å²) in [6.07, 6.45) is 6.02. The molecule has 0 aliphatic carbocycles. The third-order valence-electron chi connectivity index (χ3n) is 6.34. The van der Waals surface area contributed by atoms with Gasteiger partial charge in [0.25, 0.3) is 0 Å². The number of ether oxygens (including phenoxy) is 1. The Morgan fingerprint density at radius 1 is 1.00 bits per heavy atom. The van der Waals surface area contributed by atoms with Crippen molar-refractivity contribution in [2.45, 2.75) is 31.5 Å². The Morgan fingerprint density at radius 2 is 1.67 bits per heavy atom.